The molecule has 1 saturated heterocycles. The summed E-state index contributed by atoms with van der Waals surface area (Å²) in [6.45, 7) is 4.94. The van der Waals surface area contributed by atoms with Gasteiger partial charge in [0.1, 0.15) is 0 Å². The quantitative estimate of drug-likeness (QED) is 0.838. The number of nitrogens with one attached hydrogen (secondary N) is 2. The van der Waals surface area contributed by atoms with E-state index >= 15 is 0 Å². The number of nitrogens with zero attached hydrogens (tertiary/aromatic N) is 1. The second-order valence-electron chi connectivity index (χ2n) is 4.67. The zero-order valence-electron chi connectivity index (χ0n) is 10.4. The summed E-state index contributed by atoms with van der Waals surface area (Å²) in [5, 5.41) is 6.27. The highest BCUT2D eigenvalue weighted by atomic mass is 16.2. The zero-order valence-corrected chi connectivity index (χ0v) is 10.4. The monoisotopic (exact) mass is 233 g/mol. The Hall–Kier alpha value is -1.42. The Labute approximate surface area is 102 Å². The number of aromatic nitrogens is 1. The van der Waals surface area contributed by atoms with Crippen LogP contribution < -0.4 is 10.6 Å². The Morgan fingerprint density at radius 1 is 1.59 bits per heavy atom. The molecule has 1 atom stereocenters. The molecule has 1 aromatic rings. The van der Waals surface area contributed by atoms with E-state index in [2.05, 4.69) is 15.6 Å². The third kappa shape index (κ3) is 2.47. The first kappa shape index (κ1) is 12.0. The highest BCUT2D eigenvalue weighted by Crippen LogP contribution is 2.24. The molecule has 92 valence electrons. The molecule has 1 amide bonds. The van der Waals surface area contributed by atoms with Crippen LogP contribution in [0.4, 0.5) is 5.69 Å². The van der Waals surface area contributed by atoms with Crippen LogP contribution in [-0.4, -0.2) is 23.0 Å². The van der Waals surface area contributed by atoms with Crippen molar-refractivity contribution in [1.82, 2.24) is 10.3 Å². The van der Waals surface area contributed by atoms with Crippen LogP contribution in [0.1, 0.15) is 31.7 Å². The molecule has 1 aliphatic rings. The van der Waals surface area contributed by atoms with Gasteiger partial charge in [-0.25, -0.2) is 0 Å². The second-order valence-corrected chi connectivity index (χ2v) is 4.67. The summed E-state index contributed by atoms with van der Waals surface area (Å²) in [6.07, 6.45) is 6.25. The van der Waals surface area contributed by atoms with Crippen molar-refractivity contribution in [1.29, 1.82) is 0 Å². The van der Waals surface area contributed by atoms with Crippen molar-refractivity contribution >= 4 is 11.6 Å². The van der Waals surface area contributed by atoms with Crippen LogP contribution >= 0.6 is 0 Å². The van der Waals surface area contributed by atoms with Gasteiger partial charge in [0, 0.05) is 6.20 Å². The zero-order chi connectivity index (χ0) is 12.3. The standard InChI is InChI=1S/C13H19N3O/c1-3-13(5-4-6-15-13)12(17)16-11-7-10(2)8-14-9-11/h7-9,15H,3-6H2,1-2H3,(H,16,17). The van der Waals surface area contributed by atoms with Gasteiger partial charge in [-0.15, -0.1) is 0 Å². The summed E-state index contributed by atoms with van der Waals surface area (Å²) in [6, 6.07) is 1.93. The number of aryl methyl sites for hydroxylation is 1. The lowest BCUT2D eigenvalue weighted by molar-refractivity contribution is -0.122. The van der Waals surface area contributed by atoms with Gasteiger partial charge < -0.3 is 10.6 Å². The van der Waals surface area contributed by atoms with E-state index in [1.54, 1.807) is 12.4 Å². The number of carbonyl (C=O) groups excluding carboxylic acids is 1. The highest BCUT2D eigenvalue weighted by molar-refractivity contribution is 5.98. The van der Waals surface area contributed by atoms with Gasteiger partial charge in [0.25, 0.3) is 0 Å². The van der Waals surface area contributed by atoms with Gasteiger partial charge in [0.05, 0.1) is 17.4 Å². The minimum atomic E-state index is -0.385. The van der Waals surface area contributed by atoms with Gasteiger partial charge in [-0.2, -0.15) is 0 Å². The molecule has 0 aromatic carbocycles. The van der Waals surface area contributed by atoms with Crippen molar-refractivity contribution < 1.29 is 4.79 Å². The van der Waals surface area contributed by atoms with Gasteiger partial charge >= 0.3 is 0 Å². The molecule has 4 heteroatoms. The lowest BCUT2D eigenvalue weighted by Gasteiger charge is -2.26. The van der Waals surface area contributed by atoms with Crippen molar-refractivity contribution in [2.24, 2.45) is 0 Å². The number of hydrogen-bond acceptors (Lipinski definition) is 3. The molecule has 0 spiro atoms. The summed E-state index contributed by atoms with van der Waals surface area (Å²) in [5.74, 6) is 0.0601. The molecule has 0 bridgehead atoms. The molecule has 2 rings (SSSR count). The number of amides is 1. The molecular formula is C13H19N3O. The molecule has 1 aromatic heterocycles. The molecule has 17 heavy (non-hydrogen) atoms. The van der Waals surface area contributed by atoms with E-state index in [-0.39, 0.29) is 11.4 Å². The highest BCUT2D eigenvalue weighted by Gasteiger charge is 2.38. The van der Waals surface area contributed by atoms with Crippen molar-refractivity contribution in [3.8, 4) is 0 Å². The number of anilines is 1. The molecule has 0 saturated carbocycles. The summed E-state index contributed by atoms with van der Waals surface area (Å²) in [4.78, 5) is 16.4. The van der Waals surface area contributed by atoms with Crippen LogP contribution in [0.5, 0.6) is 0 Å². The largest absolute Gasteiger partial charge is 0.323 e. The number of carbonyl (C=O) groups is 1. The molecule has 0 aliphatic carbocycles. The molecule has 1 fully saturated rings. The maximum Gasteiger partial charge on any atom is 0.244 e. The summed E-state index contributed by atoms with van der Waals surface area (Å²) in [5.41, 5.74) is 1.44. The van der Waals surface area contributed by atoms with Gasteiger partial charge in [-0.3, -0.25) is 9.78 Å². The molecule has 4 nitrogen and oxygen atoms in total. The lowest BCUT2D eigenvalue weighted by atomic mass is 9.93. The van der Waals surface area contributed by atoms with Crippen molar-refractivity contribution in [3.05, 3.63) is 24.0 Å². The number of rotatable bonds is 3. The van der Waals surface area contributed by atoms with E-state index in [1.165, 1.54) is 0 Å². The van der Waals surface area contributed by atoms with E-state index < -0.39 is 0 Å². The van der Waals surface area contributed by atoms with E-state index in [4.69, 9.17) is 0 Å². The summed E-state index contributed by atoms with van der Waals surface area (Å²) >= 11 is 0. The smallest absolute Gasteiger partial charge is 0.244 e. The Kier molecular flexibility index (Phi) is 3.43. The van der Waals surface area contributed by atoms with Crippen LogP contribution in [0.3, 0.4) is 0 Å². The van der Waals surface area contributed by atoms with Crippen LogP contribution in [0.25, 0.3) is 0 Å². The molecule has 1 aliphatic heterocycles. The summed E-state index contributed by atoms with van der Waals surface area (Å²) in [7, 11) is 0. The van der Waals surface area contributed by atoms with Crippen LogP contribution in [0.2, 0.25) is 0 Å². The fraction of sp³-hybridized carbons (Fsp3) is 0.538. The Morgan fingerprint density at radius 3 is 3.00 bits per heavy atom. The maximum atomic E-state index is 12.3. The van der Waals surface area contributed by atoms with Crippen molar-refractivity contribution in [3.63, 3.8) is 0 Å². The first-order chi connectivity index (χ1) is 8.16. The fourth-order valence-electron chi connectivity index (χ4n) is 2.34. The van der Waals surface area contributed by atoms with E-state index in [9.17, 15) is 4.79 Å². The van der Waals surface area contributed by atoms with Crippen molar-refractivity contribution in [2.75, 3.05) is 11.9 Å². The lowest BCUT2D eigenvalue weighted by Crippen LogP contribution is -2.50. The normalized spacial score (nSPS) is 23.6. The Balaban J connectivity index is 2.10. The molecule has 1 unspecified atom stereocenters. The van der Waals surface area contributed by atoms with Crippen LogP contribution in [0.15, 0.2) is 18.5 Å². The molecule has 2 heterocycles. The van der Waals surface area contributed by atoms with Crippen LogP contribution in [0, 0.1) is 6.92 Å². The minimum absolute atomic E-state index is 0.0601. The Morgan fingerprint density at radius 2 is 2.41 bits per heavy atom. The van der Waals surface area contributed by atoms with E-state index in [0.29, 0.717) is 0 Å². The first-order valence-electron chi connectivity index (χ1n) is 6.14. The average molecular weight is 233 g/mol. The topological polar surface area (TPSA) is 54.0 Å². The number of pyridine rings is 1. The van der Waals surface area contributed by atoms with Gasteiger partial charge in [-0.05, 0) is 44.4 Å². The third-order valence-corrected chi connectivity index (χ3v) is 3.41. The fourth-order valence-corrected chi connectivity index (χ4v) is 2.34. The van der Waals surface area contributed by atoms with Gasteiger partial charge in [-0.1, -0.05) is 6.92 Å². The number of hydrogen-bond donors (Lipinski definition) is 2. The van der Waals surface area contributed by atoms with Gasteiger partial charge in [0.15, 0.2) is 0 Å². The predicted octanol–water partition coefficient (Wildman–Crippen LogP) is 1.86. The second kappa shape index (κ2) is 4.84. The average Bonchev–Trinajstić information content (AvgIpc) is 2.78. The first-order valence-corrected chi connectivity index (χ1v) is 6.14. The van der Waals surface area contributed by atoms with Gasteiger partial charge in [0.2, 0.25) is 5.91 Å². The SMILES string of the molecule is CCC1(C(=O)Nc2cncc(C)c2)CCCN1. The molecule has 0 radical (unpaired) electrons. The Bertz CT molecular complexity index is 411. The van der Waals surface area contributed by atoms with Crippen molar-refractivity contribution in [2.45, 2.75) is 38.6 Å². The molecular weight excluding hydrogens is 214 g/mol. The van der Waals surface area contributed by atoms with Crippen LogP contribution in [-0.2, 0) is 4.79 Å². The predicted molar refractivity (Wildman–Crippen MR) is 67.9 cm³/mol. The van der Waals surface area contributed by atoms with E-state index in [0.717, 1.165) is 37.1 Å². The molecule has 2 N–H and O–H groups in total. The maximum absolute atomic E-state index is 12.3. The van der Waals surface area contributed by atoms with E-state index in [1.807, 2.05) is 19.9 Å². The summed E-state index contributed by atoms with van der Waals surface area (Å²) < 4.78 is 0. The minimum Gasteiger partial charge on any atom is -0.323 e. The third-order valence-electron chi connectivity index (χ3n) is 3.41.